The Bertz CT molecular complexity index is 1380. The molecule has 0 aliphatic rings. The van der Waals surface area contributed by atoms with Crippen LogP contribution in [-0.4, -0.2) is 25.9 Å². The highest BCUT2D eigenvalue weighted by atomic mass is 16.6. The lowest BCUT2D eigenvalue weighted by Gasteiger charge is -1.98. The first-order valence-electron chi connectivity index (χ1n) is 9.94. The van der Waals surface area contributed by atoms with Gasteiger partial charge < -0.3 is 13.7 Å². The lowest BCUT2D eigenvalue weighted by atomic mass is 10.2. The summed E-state index contributed by atoms with van der Waals surface area (Å²) in [6.07, 6.45) is 4.82. The van der Waals surface area contributed by atoms with Gasteiger partial charge >= 0.3 is 5.97 Å². The minimum atomic E-state index is -0.538. The monoisotopic (exact) mass is 426 g/mol. The lowest BCUT2D eigenvalue weighted by Crippen LogP contribution is -2.01. The van der Waals surface area contributed by atoms with Crippen molar-refractivity contribution in [3.8, 4) is 17.1 Å². The smallest absolute Gasteiger partial charge is 0.331 e. The van der Waals surface area contributed by atoms with Crippen molar-refractivity contribution < 1.29 is 18.5 Å². The van der Waals surface area contributed by atoms with Gasteiger partial charge in [0.2, 0.25) is 0 Å². The van der Waals surface area contributed by atoms with Gasteiger partial charge in [-0.2, -0.15) is 10.1 Å². The van der Waals surface area contributed by atoms with Crippen molar-refractivity contribution >= 4 is 23.0 Å². The highest BCUT2D eigenvalue weighted by Crippen LogP contribution is 2.30. The number of hydrogen-bond donors (Lipinski definition) is 0. The van der Waals surface area contributed by atoms with E-state index in [1.54, 1.807) is 17.7 Å². The van der Waals surface area contributed by atoms with E-state index >= 15 is 0 Å². The Morgan fingerprint density at radius 3 is 2.72 bits per heavy atom. The molecule has 0 N–H and O–H groups in total. The molecule has 0 bridgehead atoms. The molecule has 0 aliphatic heterocycles. The molecule has 5 aromatic rings. The molecule has 0 spiro atoms. The summed E-state index contributed by atoms with van der Waals surface area (Å²) in [4.78, 5) is 16.2. The van der Waals surface area contributed by atoms with Gasteiger partial charge in [-0.1, -0.05) is 41.6 Å². The number of aryl methyl sites for hydroxylation is 1. The molecule has 5 rings (SSSR count). The quantitative estimate of drug-likeness (QED) is 0.286. The third kappa shape index (κ3) is 4.06. The Kier molecular flexibility index (Phi) is 5.09. The molecular formula is C24H18N4O4. The van der Waals surface area contributed by atoms with E-state index in [1.807, 2.05) is 66.9 Å². The molecule has 0 amide bonds. The van der Waals surface area contributed by atoms with Gasteiger partial charge in [0.25, 0.3) is 5.89 Å². The third-order valence-electron chi connectivity index (χ3n) is 4.73. The van der Waals surface area contributed by atoms with Crippen LogP contribution in [0.3, 0.4) is 0 Å². The summed E-state index contributed by atoms with van der Waals surface area (Å²) >= 11 is 0. The summed E-state index contributed by atoms with van der Waals surface area (Å²) in [6.45, 7) is 1.60. The summed E-state index contributed by atoms with van der Waals surface area (Å²) in [5.41, 5.74) is 2.97. The molecule has 0 unspecified atom stereocenters. The van der Waals surface area contributed by atoms with Crippen LogP contribution in [0, 0.1) is 6.92 Å². The van der Waals surface area contributed by atoms with Crippen molar-refractivity contribution in [2.45, 2.75) is 13.5 Å². The normalized spacial score (nSPS) is 11.4. The number of ether oxygens (including phenoxy) is 1. The van der Waals surface area contributed by atoms with Crippen LogP contribution in [0.1, 0.15) is 17.3 Å². The van der Waals surface area contributed by atoms with E-state index in [2.05, 4.69) is 10.1 Å². The fourth-order valence-corrected chi connectivity index (χ4v) is 3.25. The van der Waals surface area contributed by atoms with Gasteiger partial charge in [-0.15, -0.1) is 0 Å². The van der Waals surface area contributed by atoms with Gasteiger partial charge in [0, 0.05) is 23.2 Å². The summed E-state index contributed by atoms with van der Waals surface area (Å²) in [5, 5.41) is 9.35. The average Bonchev–Trinajstić information content (AvgIpc) is 3.54. The molecule has 0 saturated carbocycles. The number of carbonyl (C=O) groups is 1. The van der Waals surface area contributed by atoms with E-state index < -0.39 is 5.97 Å². The molecule has 2 aromatic carbocycles. The fraction of sp³-hybridized carbons (Fsp3) is 0.0833. The number of aromatic nitrogens is 4. The van der Waals surface area contributed by atoms with Gasteiger partial charge in [-0.3, -0.25) is 0 Å². The van der Waals surface area contributed by atoms with Crippen molar-refractivity contribution in [3.05, 3.63) is 90.2 Å². The Morgan fingerprint density at radius 2 is 1.94 bits per heavy atom. The van der Waals surface area contributed by atoms with Crippen molar-refractivity contribution in [2.24, 2.45) is 0 Å². The minimum absolute atomic E-state index is 0.0935. The number of esters is 1. The van der Waals surface area contributed by atoms with Crippen LogP contribution >= 0.6 is 0 Å². The number of para-hydroxylation sites is 2. The molecule has 0 saturated heterocycles. The summed E-state index contributed by atoms with van der Waals surface area (Å²) in [7, 11) is 0. The highest BCUT2D eigenvalue weighted by molar-refractivity contribution is 5.89. The second kappa shape index (κ2) is 8.35. The maximum Gasteiger partial charge on any atom is 0.331 e. The van der Waals surface area contributed by atoms with Gasteiger partial charge in [-0.25, -0.2) is 9.48 Å². The maximum absolute atomic E-state index is 12.2. The van der Waals surface area contributed by atoms with Gasteiger partial charge in [0.05, 0.1) is 5.69 Å². The Labute approximate surface area is 182 Å². The van der Waals surface area contributed by atoms with Crippen LogP contribution in [0.4, 0.5) is 0 Å². The van der Waals surface area contributed by atoms with Gasteiger partial charge in [0.1, 0.15) is 11.3 Å². The fourth-order valence-electron chi connectivity index (χ4n) is 3.25. The van der Waals surface area contributed by atoms with Crippen molar-refractivity contribution in [1.82, 2.24) is 19.9 Å². The van der Waals surface area contributed by atoms with Gasteiger partial charge in [0.15, 0.2) is 18.2 Å². The molecule has 0 atom stereocenters. The molecule has 0 fully saturated rings. The van der Waals surface area contributed by atoms with Crippen LogP contribution in [0.15, 0.2) is 81.9 Å². The first-order chi connectivity index (χ1) is 15.7. The molecule has 32 heavy (non-hydrogen) atoms. The number of carbonyl (C=O) groups excluding carboxylic acids is 1. The Hall–Kier alpha value is -4.46. The van der Waals surface area contributed by atoms with E-state index in [0.29, 0.717) is 22.8 Å². The van der Waals surface area contributed by atoms with E-state index in [9.17, 15) is 4.79 Å². The number of nitrogens with zero attached hydrogens (tertiary/aromatic N) is 4. The van der Waals surface area contributed by atoms with E-state index in [-0.39, 0.29) is 12.5 Å². The Balaban J connectivity index is 1.45. The summed E-state index contributed by atoms with van der Waals surface area (Å²) in [5.74, 6) is 0.790. The summed E-state index contributed by atoms with van der Waals surface area (Å²) in [6, 6.07) is 19.4. The molecule has 8 nitrogen and oxygen atoms in total. The first kappa shape index (κ1) is 19.5. The topological polar surface area (TPSA) is 96.2 Å². The zero-order valence-electron chi connectivity index (χ0n) is 17.1. The number of hydrogen-bond acceptors (Lipinski definition) is 7. The molecule has 0 aliphatic carbocycles. The van der Waals surface area contributed by atoms with Crippen LogP contribution < -0.4 is 0 Å². The second-order valence-electron chi connectivity index (χ2n) is 7.04. The van der Waals surface area contributed by atoms with Crippen molar-refractivity contribution in [1.29, 1.82) is 0 Å². The summed E-state index contributed by atoms with van der Waals surface area (Å²) < 4.78 is 17.9. The molecular weight excluding hydrogens is 408 g/mol. The van der Waals surface area contributed by atoms with Crippen molar-refractivity contribution in [3.63, 3.8) is 0 Å². The zero-order valence-corrected chi connectivity index (χ0v) is 17.1. The standard InChI is InChI=1S/C24H18N4O4/c1-16-25-22(32-27-16)15-30-23(29)12-11-18-14-28(19-8-3-2-4-9-19)26-24(18)21-13-17-7-5-6-10-20(17)31-21/h2-14H,15H2,1H3. The maximum atomic E-state index is 12.2. The molecule has 158 valence electrons. The number of rotatable bonds is 6. The molecule has 8 heteroatoms. The third-order valence-corrected chi connectivity index (χ3v) is 4.73. The van der Waals surface area contributed by atoms with Crippen LogP contribution in [0.2, 0.25) is 0 Å². The number of benzene rings is 2. The first-order valence-corrected chi connectivity index (χ1v) is 9.94. The lowest BCUT2D eigenvalue weighted by molar-refractivity contribution is -0.139. The SMILES string of the molecule is Cc1noc(COC(=O)C=Cc2cn(-c3ccccc3)nc2-c2cc3ccccc3o2)n1. The van der Waals surface area contributed by atoms with Crippen molar-refractivity contribution in [2.75, 3.05) is 0 Å². The van der Waals surface area contributed by atoms with E-state index in [4.69, 9.17) is 18.8 Å². The predicted octanol–water partition coefficient (Wildman–Crippen LogP) is 4.73. The van der Waals surface area contributed by atoms with E-state index in [1.165, 1.54) is 6.08 Å². The molecule has 3 heterocycles. The zero-order chi connectivity index (χ0) is 21.9. The highest BCUT2D eigenvalue weighted by Gasteiger charge is 2.15. The van der Waals surface area contributed by atoms with E-state index in [0.717, 1.165) is 16.7 Å². The van der Waals surface area contributed by atoms with Crippen LogP contribution in [0.5, 0.6) is 0 Å². The molecule has 3 aromatic heterocycles. The number of fused-ring (bicyclic) bond motifs is 1. The molecule has 0 radical (unpaired) electrons. The second-order valence-corrected chi connectivity index (χ2v) is 7.04. The minimum Gasteiger partial charge on any atom is -0.454 e. The van der Waals surface area contributed by atoms with Crippen LogP contribution in [-0.2, 0) is 16.1 Å². The average molecular weight is 426 g/mol. The number of furan rings is 1. The Morgan fingerprint density at radius 1 is 1.12 bits per heavy atom. The predicted molar refractivity (Wildman–Crippen MR) is 117 cm³/mol. The van der Waals surface area contributed by atoms with Crippen LogP contribution in [0.25, 0.3) is 34.2 Å². The van der Waals surface area contributed by atoms with Gasteiger partial charge in [-0.05, 0) is 37.3 Å². The largest absolute Gasteiger partial charge is 0.454 e.